The number of hydrogen-bond acceptors (Lipinski definition) is 6. The van der Waals surface area contributed by atoms with Crippen molar-refractivity contribution in [3.63, 3.8) is 0 Å². The van der Waals surface area contributed by atoms with Gasteiger partial charge in [0.25, 0.3) is 0 Å². The topological polar surface area (TPSA) is 90.2 Å². The van der Waals surface area contributed by atoms with Crippen LogP contribution in [0.3, 0.4) is 0 Å². The summed E-state index contributed by atoms with van der Waals surface area (Å²) in [5, 5.41) is 38.6. The normalized spacial score (nSPS) is 30.6. The Morgan fingerprint density at radius 1 is 0.750 bits per heavy atom. The quantitative estimate of drug-likeness (QED) is 0.375. The van der Waals surface area contributed by atoms with Crippen LogP contribution in [-0.2, 0) is 4.74 Å². The highest BCUT2D eigenvalue weighted by atomic mass is 32.2. The summed E-state index contributed by atoms with van der Waals surface area (Å²) in [7, 11) is 0. The molecule has 0 saturated carbocycles. The van der Waals surface area contributed by atoms with Gasteiger partial charge in [-0.2, -0.15) is 0 Å². The van der Waals surface area contributed by atoms with E-state index in [1.54, 1.807) is 0 Å². The molecule has 0 aromatic carbocycles. The Morgan fingerprint density at radius 2 is 1.29 bits per heavy atom. The van der Waals surface area contributed by atoms with Gasteiger partial charge in [0.1, 0.15) is 29.9 Å². The first-order chi connectivity index (χ1) is 11.6. The number of aliphatic hydroxyl groups is 4. The smallest absolute Gasteiger partial charge is 0.132 e. The lowest BCUT2D eigenvalue weighted by molar-refractivity contribution is -0.205. The standard InChI is InChI=1S/C18H36O5S/c1-2-3-4-5-6-7-8-9-10-11-12-24-18-17(22)16(21)15(20)14(13-19)23-18/h14-22H,2-13H2,1H3/t14?,15-,16-,17?,18-/m1/s1. The first-order valence-electron chi connectivity index (χ1n) is 9.54. The molecule has 0 spiro atoms. The van der Waals surface area contributed by atoms with E-state index in [2.05, 4.69) is 6.92 Å². The van der Waals surface area contributed by atoms with E-state index >= 15 is 0 Å². The molecular formula is C18H36O5S. The van der Waals surface area contributed by atoms with Gasteiger partial charge >= 0.3 is 0 Å². The lowest BCUT2D eigenvalue weighted by Crippen LogP contribution is -2.57. The van der Waals surface area contributed by atoms with Crippen molar-refractivity contribution in [1.82, 2.24) is 0 Å². The molecule has 1 rings (SSSR count). The Hall–Kier alpha value is 0.150. The second-order valence-corrected chi connectivity index (χ2v) is 7.96. The predicted molar refractivity (Wildman–Crippen MR) is 98.1 cm³/mol. The minimum absolute atomic E-state index is 0.361. The van der Waals surface area contributed by atoms with Crippen LogP contribution in [0, 0.1) is 0 Å². The molecule has 0 radical (unpaired) electrons. The number of aliphatic hydroxyl groups excluding tert-OH is 4. The predicted octanol–water partition coefficient (Wildman–Crippen LogP) is 2.44. The maximum Gasteiger partial charge on any atom is 0.132 e. The molecule has 4 N–H and O–H groups in total. The SMILES string of the molecule is CCCCCCCCCCCCS[C@H]1OC(CO)[C@@H](O)[C@@H](O)C1O. The van der Waals surface area contributed by atoms with E-state index in [1.165, 1.54) is 69.5 Å². The molecule has 144 valence electrons. The number of hydrogen-bond donors (Lipinski definition) is 4. The van der Waals surface area contributed by atoms with Gasteiger partial charge in [-0.1, -0.05) is 64.7 Å². The zero-order chi connectivity index (χ0) is 17.8. The number of rotatable bonds is 13. The number of ether oxygens (including phenoxy) is 1. The largest absolute Gasteiger partial charge is 0.394 e. The van der Waals surface area contributed by atoms with Crippen molar-refractivity contribution < 1.29 is 25.2 Å². The fourth-order valence-corrected chi connectivity index (χ4v) is 4.18. The molecule has 1 aliphatic heterocycles. The van der Waals surface area contributed by atoms with Gasteiger partial charge in [-0.05, 0) is 12.2 Å². The van der Waals surface area contributed by atoms with Gasteiger partial charge in [-0.25, -0.2) is 0 Å². The van der Waals surface area contributed by atoms with E-state index < -0.39 is 29.9 Å². The van der Waals surface area contributed by atoms with Crippen LogP contribution in [0.2, 0.25) is 0 Å². The van der Waals surface area contributed by atoms with Crippen molar-refractivity contribution in [2.24, 2.45) is 0 Å². The summed E-state index contributed by atoms with van der Waals surface area (Å²) in [5.41, 5.74) is -0.584. The molecule has 0 aliphatic carbocycles. The molecule has 0 bridgehead atoms. The summed E-state index contributed by atoms with van der Waals surface area (Å²) >= 11 is 1.45. The van der Waals surface area contributed by atoms with Gasteiger partial charge in [0.05, 0.1) is 6.61 Å². The van der Waals surface area contributed by atoms with Gasteiger partial charge in [0.2, 0.25) is 0 Å². The van der Waals surface area contributed by atoms with E-state index in [-0.39, 0.29) is 6.61 Å². The van der Waals surface area contributed by atoms with Crippen molar-refractivity contribution in [2.75, 3.05) is 12.4 Å². The van der Waals surface area contributed by atoms with Gasteiger partial charge in [0.15, 0.2) is 0 Å². The third-order valence-electron chi connectivity index (χ3n) is 4.63. The van der Waals surface area contributed by atoms with Crippen molar-refractivity contribution in [1.29, 1.82) is 0 Å². The van der Waals surface area contributed by atoms with E-state index in [9.17, 15) is 15.3 Å². The summed E-state index contributed by atoms with van der Waals surface area (Å²) < 4.78 is 5.48. The minimum atomic E-state index is -1.26. The first-order valence-corrected chi connectivity index (χ1v) is 10.6. The number of thioether (sulfide) groups is 1. The van der Waals surface area contributed by atoms with E-state index in [1.807, 2.05) is 0 Å². The Kier molecular flexibility index (Phi) is 12.4. The maximum atomic E-state index is 9.95. The molecule has 0 aromatic rings. The molecule has 1 saturated heterocycles. The molecule has 2 unspecified atom stereocenters. The summed E-state index contributed by atoms with van der Waals surface area (Å²) in [6.07, 6.45) is 8.36. The van der Waals surface area contributed by atoms with Crippen LogP contribution in [-0.4, -0.2) is 62.6 Å². The highest BCUT2D eigenvalue weighted by molar-refractivity contribution is 7.99. The Bertz CT molecular complexity index is 303. The molecule has 0 aromatic heterocycles. The van der Waals surface area contributed by atoms with E-state index in [4.69, 9.17) is 9.84 Å². The van der Waals surface area contributed by atoms with Crippen LogP contribution in [0.4, 0.5) is 0 Å². The third kappa shape index (κ3) is 8.02. The highest BCUT2D eigenvalue weighted by Gasteiger charge is 2.43. The fourth-order valence-electron chi connectivity index (χ4n) is 2.99. The summed E-state index contributed by atoms with van der Waals surface area (Å²) in [6, 6.07) is 0. The average Bonchev–Trinajstić information content (AvgIpc) is 2.59. The van der Waals surface area contributed by atoms with Gasteiger partial charge < -0.3 is 25.2 Å². The van der Waals surface area contributed by atoms with Crippen molar-refractivity contribution in [2.45, 2.75) is 101 Å². The molecule has 0 amide bonds. The first kappa shape index (κ1) is 22.2. The lowest BCUT2D eigenvalue weighted by atomic mass is 10.0. The van der Waals surface area contributed by atoms with Gasteiger partial charge in [-0.3, -0.25) is 0 Å². The molecule has 6 heteroatoms. The molecule has 24 heavy (non-hydrogen) atoms. The van der Waals surface area contributed by atoms with Crippen LogP contribution in [0.25, 0.3) is 0 Å². The molecule has 1 fully saturated rings. The van der Waals surface area contributed by atoms with Crippen LogP contribution < -0.4 is 0 Å². The zero-order valence-corrected chi connectivity index (χ0v) is 15.8. The highest BCUT2D eigenvalue weighted by Crippen LogP contribution is 2.29. The second kappa shape index (κ2) is 13.4. The van der Waals surface area contributed by atoms with Crippen LogP contribution in [0.1, 0.15) is 71.1 Å². The zero-order valence-electron chi connectivity index (χ0n) is 15.0. The monoisotopic (exact) mass is 364 g/mol. The van der Waals surface area contributed by atoms with Crippen LogP contribution in [0.5, 0.6) is 0 Å². The lowest BCUT2D eigenvalue weighted by Gasteiger charge is -2.39. The fraction of sp³-hybridized carbons (Fsp3) is 1.00. The Labute approximate surface area is 150 Å². The minimum Gasteiger partial charge on any atom is -0.394 e. The van der Waals surface area contributed by atoms with Crippen molar-refractivity contribution >= 4 is 11.8 Å². The van der Waals surface area contributed by atoms with Crippen LogP contribution in [0.15, 0.2) is 0 Å². The molecular weight excluding hydrogens is 328 g/mol. The van der Waals surface area contributed by atoms with E-state index in [0.717, 1.165) is 12.2 Å². The maximum absolute atomic E-state index is 9.95. The Balaban J connectivity index is 2.02. The van der Waals surface area contributed by atoms with Crippen molar-refractivity contribution in [3.8, 4) is 0 Å². The summed E-state index contributed by atoms with van der Waals surface area (Å²) in [6.45, 7) is 1.88. The van der Waals surface area contributed by atoms with Gasteiger partial charge in [0, 0.05) is 0 Å². The van der Waals surface area contributed by atoms with Gasteiger partial charge in [-0.15, -0.1) is 11.8 Å². The van der Waals surface area contributed by atoms with E-state index in [0.29, 0.717) is 0 Å². The molecule has 5 nitrogen and oxygen atoms in total. The molecule has 1 heterocycles. The summed E-state index contributed by atoms with van der Waals surface area (Å²) in [5.74, 6) is 0.846. The van der Waals surface area contributed by atoms with Crippen molar-refractivity contribution in [3.05, 3.63) is 0 Å². The van der Waals surface area contributed by atoms with Crippen LogP contribution >= 0.6 is 11.8 Å². The summed E-state index contributed by atoms with van der Waals surface area (Å²) in [4.78, 5) is 0. The average molecular weight is 365 g/mol. The molecule has 1 aliphatic rings. The Morgan fingerprint density at radius 3 is 1.83 bits per heavy atom. The third-order valence-corrected chi connectivity index (χ3v) is 5.87. The number of unbranched alkanes of at least 4 members (excludes halogenated alkanes) is 9. The second-order valence-electron chi connectivity index (χ2n) is 6.75. The molecule has 5 atom stereocenters.